The van der Waals surface area contributed by atoms with Crippen molar-refractivity contribution >= 4 is 35.3 Å². The van der Waals surface area contributed by atoms with E-state index in [-0.39, 0.29) is 36.4 Å². The minimum Gasteiger partial charge on any atom is -0.346 e. The van der Waals surface area contributed by atoms with Crippen LogP contribution in [-0.2, 0) is 24.0 Å². The van der Waals surface area contributed by atoms with Crippen molar-refractivity contribution in [3.63, 3.8) is 0 Å². The van der Waals surface area contributed by atoms with Crippen molar-refractivity contribution in [2.75, 3.05) is 6.54 Å². The van der Waals surface area contributed by atoms with Gasteiger partial charge in [0.1, 0.15) is 29.9 Å². The summed E-state index contributed by atoms with van der Waals surface area (Å²) in [5.74, 6) is -3.97. The largest absolute Gasteiger partial charge is 0.346 e. The lowest BCUT2D eigenvalue weighted by Crippen LogP contribution is -2.60. The van der Waals surface area contributed by atoms with E-state index in [1.165, 1.54) is 18.3 Å². The Bertz CT molecular complexity index is 1260. The second kappa shape index (κ2) is 20.8. The van der Waals surface area contributed by atoms with Gasteiger partial charge in [0.25, 0.3) is 11.8 Å². The van der Waals surface area contributed by atoms with Crippen LogP contribution in [0.1, 0.15) is 96.0 Å². The molecule has 1 unspecified atom stereocenters. The zero-order valence-electron chi connectivity index (χ0n) is 28.9. The Labute approximate surface area is 284 Å². The van der Waals surface area contributed by atoms with Crippen LogP contribution in [0, 0.1) is 17.8 Å². The molecule has 1 saturated carbocycles. The zero-order chi connectivity index (χ0) is 35.6. The maximum Gasteiger partial charge on any atom is 0.289 e. The number of carbonyl (C=O) groups excluding carboxylic acids is 6. The number of nitrogens with one attached hydrogen (secondary N) is 5. The summed E-state index contributed by atoms with van der Waals surface area (Å²) in [6.45, 7) is 14.8. The van der Waals surface area contributed by atoms with Crippen LogP contribution in [0.25, 0.3) is 0 Å². The van der Waals surface area contributed by atoms with E-state index in [9.17, 15) is 28.8 Å². The maximum absolute atomic E-state index is 13.9. The third-order valence-electron chi connectivity index (χ3n) is 8.61. The monoisotopic (exact) mass is 666 g/mol. The van der Waals surface area contributed by atoms with Gasteiger partial charge in [-0.25, -0.2) is 0 Å². The van der Waals surface area contributed by atoms with Crippen molar-refractivity contribution in [1.82, 2.24) is 31.6 Å². The van der Waals surface area contributed by atoms with Crippen LogP contribution < -0.4 is 26.6 Å². The first-order valence-corrected chi connectivity index (χ1v) is 17.1. The van der Waals surface area contributed by atoms with E-state index in [4.69, 9.17) is 0 Å². The first-order chi connectivity index (χ1) is 22.9. The van der Waals surface area contributed by atoms with Gasteiger partial charge in [-0.05, 0) is 49.1 Å². The lowest BCUT2D eigenvalue weighted by atomic mass is 9.84. The maximum atomic E-state index is 13.9. The zero-order valence-corrected chi connectivity index (χ0v) is 28.9. The van der Waals surface area contributed by atoms with Crippen LogP contribution in [0.4, 0.5) is 0 Å². The second-order valence-corrected chi connectivity index (χ2v) is 13.0. The van der Waals surface area contributed by atoms with E-state index in [0.717, 1.165) is 32.1 Å². The lowest BCUT2D eigenvalue weighted by Gasteiger charge is -2.31. The molecular weight excluding hydrogens is 612 g/mol. The number of pyridine rings is 1. The number of Topliss-reactive ketones (excluding diaryl/α,β-unsaturated/α-hetero) is 1. The van der Waals surface area contributed by atoms with Crippen LogP contribution in [0.5, 0.6) is 0 Å². The van der Waals surface area contributed by atoms with E-state index in [0.29, 0.717) is 19.3 Å². The molecule has 0 radical (unpaired) electrons. The summed E-state index contributed by atoms with van der Waals surface area (Å²) in [5.41, 5.74) is 0.165. The standard InChI is InChI=1S/C36H54N6O6/c1-7-15-26(31(43)36(48)38-19-8-2)39-33(45)29(22-25-16-11-10-12-17-25)41-35(47)30(24(6)9-3)42-34(46)28(21-23(4)5)40-32(44)27-18-13-14-20-37-27/h7-8,13-14,18,20,23-26,28-30H,1-2,9-12,15-17,19,21-22H2,3-6H3,(H,38,48)(H,39,45)(H,40,44)(H,41,47)(H,42,46)/t24-,26?,28+,29+,30+/m1/s1. The van der Waals surface area contributed by atoms with E-state index in [1.807, 2.05) is 27.7 Å². The predicted molar refractivity (Wildman–Crippen MR) is 184 cm³/mol. The molecular formula is C36H54N6O6. The van der Waals surface area contributed by atoms with Crippen molar-refractivity contribution in [1.29, 1.82) is 0 Å². The summed E-state index contributed by atoms with van der Waals surface area (Å²) in [6.07, 6.45) is 10.5. The fourth-order valence-corrected chi connectivity index (χ4v) is 5.72. The fraction of sp³-hybridized carbons (Fsp3) is 0.583. The van der Waals surface area contributed by atoms with Gasteiger partial charge in [0.05, 0.1) is 0 Å². The molecule has 0 aromatic carbocycles. The molecule has 0 spiro atoms. The fourth-order valence-electron chi connectivity index (χ4n) is 5.72. The summed E-state index contributed by atoms with van der Waals surface area (Å²) < 4.78 is 0. The molecule has 0 aliphatic heterocycles. The molecule has 12 heteroatoms. The highest BCUT2D eigenvalue weighted by molar-refractivity contribution is 6.38. The molecule has 0 saturated heterocycles. The minimum atomic E-state index is -1.17. The predicted octanol–water partition coefficient (Wildman–Crippen LogP) is 3.14. The molecule has 264 valence electrons. The number of rotatable bonds is 20. The van der Waals surface area contributed by atoms with Gasteiger partial charge in [-0.15, -0.1) is 13.2 Å². The van der Waals surface area contributed by atoms with Crippen molar-refractivity contribution in [3.05, 3.63) is 55.4 Å². The molecule has 1 aromatic rings. The van der Waals surface area contributed by atoms with Gasteiger partial charge < -0.3 is 26.6 Å². The summed E-state index contributed by atoms with van der Waals surface area (Å²) in [5, 5.41) is 13.6. The molecule has 1 aliphatic rings. The highest BCUT2D eigenvalue weighted by Gasteiger charge is 2.35. The van der Waals surface area contributed by atoms with Gasteiger partial charge >= 0.3 is 0 Å². The third-order valence-corrected chi connectivity index (χ3v) is 8.61. The average molecular weight is 667 g/mol. The average Bonchev–Trinajstić information content (AvgIpc) is 3.08. The number of hydrogen-bond donors (Lipinski definition) is 5. The Balaban J connectivity index is 2.30. The molecule has 12 nitrogen and oxygen atoms in total. The van der Waals surface area contributed by atoms with E-state index < -0.39 is 59.5 Å². The first kappa shape index (κ1) is 39.8. The number of ketones is 1. The summed E-state index contributed by atoms with van der Waals surface area (Å²) in [6, 6.07) is 0.776. The molecule has 5 N–H and O–H groups in total. The number of carbonyl (C=O) groups is 6. The van der Waals surface area contributed by atoms with Crippen LogP contribution in [0.2, 0.25) is 0 Å². The molecule has 5 amide bonds. The smallest absolute Gasteiger partial charge is 0.289 e. The highest BCUT2D eigenvalue weighted by Crippen LogP contribution is 2.27. The topological polar surface area (TPSA) is 175 Å². The van der Waals surface area contributed by atoms with Crippen molar-refractivity contribution in [3.8, 4) is 0 Å². The quantitative estimate of drug-likeness (QED) is 0.105. The van der Waals surface area contributed by atoms with Gasteiger partial charge in [-0.2, -0.15) is 0 Å². The molecule has 2 rings (SSSR count). The Morgan fingerprint density at radius 2 is 1.52 bits per heavy atom. The second-order valence-electron chi connectivity index (χ2n) is 13.0. The number of aromatic nitrogens is 1. The van der Waals surface area contributed by atoms with Gasteiger partial charge in [-0.1, -0.05) is 84.4 Å². The Hall–Kier alpha value is -4.35. The molecule has 5 atom stereocenters. The van der Waals surface area contributed by atoms with Crippen LogP contribution >= 0.6 is 0 Å². The minimum absolute atomic E-state index is 0.0171. The number of hydrogen-bond acceptors (Lipinski definition) is 7. The normalized spacial score (nSPS) is 16.3. The highest BCUT2D eigenvalue weighted by atomic mass is 16.2. The van der Waals surface area contributed by atoms with Crippen molar-refractivity contribution in [2.45, 2.75) is 110 Å². The van der Waals surface area contributed by atoms with E-state index >= 15 is 0 Å². The SMILES string of the molecule is C=CCNC(=O)C(=O)C(CC=C)NC(=O)[C@H](CC1CCCCC1)NC(=O)[C@@H](NC(=O)[C@H](CC(C)C)NC(=O)c1ccccn1)[C@H](C)CC. The molecule has 1 fully saturated rings. The Morgan fingerprint density at radius 1 is 0.854 bits per heavy atom. The van der Waals surface area contributed by atoms with Crippen LogP contribution in [0.3, 0.4) is 0 Å². The van der Waals surface area contributed by atoms with Gasteiger partial charge in [-0.3, -0.25) is 33.8 Å². The molecule has 1 heterocycles. The van der Waals surface area contributed by atoms with Gasteiger partial charge in [0, 0.05) is 12.7 Å². The third kappa shape index (κ3) is 13.0. The molecule has 1 aliphatic carbocycles. The van der Waals surface area contributed by atoms with Crippen molar-refractivity contribution in [2.24, 2.45) is 17.8 Å². The van der Waals surface area contributed by atoms with E-state index in [1.54, 1.807) is 18.2 Å². The van der Waals surface area contributed by atoms with Gasteiger partial charge in [0.2, 0.25) is 23.5 Å². The van der Waals surface area contributed by atoms with E-state index in [2.05, 4.69) is 44.7 Å². The number of amides is 5. The Morgan fingerprint density at radius 3 is 2.10 bits per heavy atom. The van der Waals surface area contributed by atoms with Crippen LogP contribution in [-0.4, -0.2) is 71.0 Å². The first-order valence-electron chi connectivity index (χ1n) is 17.1. The van der Waals surface area contributed by atoms with Gasteiger partial charge in [0.15, 0.2) is 0 Å². The lowest BCUT2D eigenvalue weighted by molar-refractivity contribution is -0.140. The summed E-state index contributed by atoms with van der Waals surface area (Å²) >= 11 is 0. The summed E-state index contributed by atoms with van der Waals surface area (Å²) in [7, 11) is 0. The molecule has 0 bridgehead atoms. The van der Waals surface area contributed by atoms with Crippen molar-refractivity contribution < 1.29 is 28.8 Å². The molecule has 1 aromatic heterocycles. The summed E-state index contributed by atoms with van der Waals surface area (Å²) in [4.78, 5) is 83.6. The van der Waals surface area contributed by atoms with Crippen LogP contribution in [0.15, 0.2) is 49.7 Å². The number of nitrogens with zero attached hydrogens (tertiary/aromatic N) is 1. The Kier molecular flexibility index (Phi) is 17.3. The molecule has 48 heavy (non-hydrogen) atoms.